The van der Waals surface area contributed by atoms with E-state index in [0.717, 1.165) is 42.6 Å². The Labute approximate surface area is 144 Å². The lowest BCUT2D eigenvalue weighted by atomic mass is 9.49. The van der Waals surface area contributed by atoms with Crippen LogP contribution in [0.2, 0.25) is 0 Å². The predicted molar refractivity (Wildman–Crippen MR) is 91.7 cm³/mol. The highest BCUT2D eigenvalue weighted by molar-refractivity contribution is 5.49. The third kappa shape index (κ3) is 2.20. The van der Waals surface area contributed by atoms with Gasteiger partial charge in [0.2, 0.25) is 17.5 Å². The van der Waals surface area contributed by atoms with Crippen LogP contribution in [0.1, 0.15) is 69.9 Å². The zero-order valence-corrected chi connectivity index (χ0v) is 14.6. The fraction of sp³-hybridized carbons (Fsp3) is 0.800. The summed E-state index contributed by atoms with van der Waals surface area (Å²) in [6.45, 7) is 4.27. The molecule has 0 radical (unpaired) electrons. The number of nitriles is 1. The summed E-state index contributed by atoms with van der Waals surface area (Å²) in [5.74, 6) is 4.92. The van der Waals surface area contributed by atoms with Gasteiger partial charge in [-0.05, 0) is 75.0 Å². The molecule has 0 spiro atoms. The first-order valence-electron chi connectivity index (χ1n) is 9.81. The average molecular weight is 325 g/mol. The molecule has 4 nitrogen and oxygen atoms in total. The van der Waals surface area contributed by atoms with Crippen molar-refractivity contribution in [2.45, 2.75) is 63.7 Å². The molecular formula is C20H27N3O. The van der Waals surface area contributed by atoms with Gasteiger partial charge in [0.05, 0.1) is 0 Å². The Morgan fingerprint density at radius 1 is 1.17 bits per heavy atom. The second kappa shape index (κ2) is 5.25. The second-order valence-electron chi connectivity index (χ2n) is 9.18. The van der Waals surface area contributed by atoms with Crippen molar-refractivity contribution in [3.05, 3.63) is 11.6 Å². The van der Waals surface area contributed by atoms with Gasteiger partial charge in [-0.15, -0.1) is 0 Å². The van der Waals surface area contributed by atoms with Crippen LogP contribution >= 0.6 is 0 Å². The molecule has 4 heteroatoms. The molecule has 128 valence electrons. The van der Waals surface area contributed by atoms with Crippen LogP contribution in [0.3, 0.4) is 0 Å². The summed E-state index contributed by atoms with van der Waals surface area (Å²) in [6, 6.07) is 2.31. The van der Waals surface area contributed by atoms with E-state index in [1.807, 2.05) is 0 Å². The molecule has 0 amide bonds. The Morgan fingerprint density at radius 2 is 1.83 bits per heavy atom. The summed E-state index contributed by atoms with van der Waals surface area (Å²) < 4.78 is 6.37. The first-order chi connectivity index (χ1) is 11.6. The second-order valence-corrected chi connectivity index (χ2v) is 9.18. The molecule has 2 heterocycles. The van der Waals surface area contributed by atoms with E-state index >= 15 is 0 Å². The topological polar surface area (TPSA) is 53.1 Å². The Bertz CT molecular complexity index is 650. The summed E-state index contributed by atoms with van der Waals surface area (Å²) >= 11 is 0. The molecule has 1 aromatic heterocycles. The smallest absolute Gasteiger partial charge is 0.234 e. The summed E-state index contributed by atoms with van der Waals surface area (Å²) in [4.78, 5) is 7.02. The van der Waals surface area contributed by atoms with Crippen LogP contribution in [-0.2, 0) is 5.41 Å². The number of oxazole rings is 1. The molecule has 0 aromatic carbocycles. The van der Waals surface area contributed by atoms with Gasteiger partial charge in [0, 0.05) is 18.5 Å². The van der Waals surface area contributed by atoms with Gasteiger partial charge in [0.1, 0.15) is 6.07 Å². The van der Waals surface area contributed by atoms with Gasteiger partial charge in [-0.1, -0.05) is 6.92 Å². The molecule has 1 aromatic rings. The van der Waals surface area contributed by atoms with E-state index < -0.39 is 0 Å². The molecule has 6 rings (SSSR count). The summed E-state index contributed by atoms with van der Waals surface area (Å²) in [7, 11) is 0. The Hall–Kier alpha value is -1.50. The highest BCUT2D eigenvalue weighted by Gasteiger charge is 2.54. The maximum atomic E-state index is 9.61. The molecule has 1 saturated heterocycles. The zero-order valence-electron chi connectivity index (χ0n) is 14.6. The van der Waals surface area contributed by atoms with Crippen molar-refractivity contribution in [2.24, 2.45) is 23.7 Å². The first-order valence-corrected chi connectivity index (χ1v) is 9.81. The monoisotopic (exact) mass is 325 g/mol. The van der Waals surface area contributed by atoms with Gasteiger partial charge in [0.15, 0.2) is 0 Å². The third-order valence-electron chi connectivity index (χ3n) is 7.15. The number of anilines is 1. The van der Waals surface area contributed by atoms with E-state index in [-0.39, 0.29) is 5.41 Å². The summed E-state index contributed by atoms with van der Waals surface area (Å²) in [5, 5.41) is 9.61. The van der Waals surface area contributed by atoms with Crippen molar-refractivity contribution in [2.75, 3.05) is 18.0 Å². The van der Waals surface area contributed by atoms with Crippen LogP contribution in [0, 0.1) is 35.0 Å². The van der Waals surface area contributed by atoms with Crippen molar-refractivity contribution in [3.8, 4) is 6.07 Å². The largest absolute Gasteiger partial charge is 0.423 e. The Morgan fingerprint density at radius 3 is 2.42 bits per heavy atom. The van der Waals surface area contributed by atoms with Gasteiger partial charge in [-0.25, -0.2) is 0 Å². The van der Waals surface area contributed by atoms with Crippen molar-refractivity contribution >= 4 is 5.88 Å². The number of aromatic nitrogens is 1. The maximum Gasteiger partial charge on any atom is 0.234 e. The van der Waals surface area contributed by atoms with E-state index in [9.17, 15) is 5.26 Å². The van der Waals surface area contributed by atoms with Gasteiger partial charge in [-0.3, -0.25) is 0 Å². The van der Waals surface area contributed by atoms with Crippen molar-refractivity contribution in [1.82, 2.24) is 4.98 Å². The third-order valence-corrected chi connectivity index (χ3v) is 7.15. The molecule has 4 saturated carbocycles. The highest BCUT2D eigenvalue weighted by atomic mass is 16.4. The predicted octanol–water partition coefficient (Wildman–Crippen LogP) is 4.25. The zero-order chi connectivity index (χ0) is 16.3. The van der Waals surface area contributed by atoms with E-state index in [1.54, 1.807) is 0 Å². The van der Waals surface area contributed by atoms with Crippen LogP contribution < -0.4 is 4.90 Å². The molecular weight excluding hydrogens is 298 g/mol. The van der Waals surface area contributed by atoms with E-state index in [0.29, 0.717) is 11.6 Å². The lowest BCUT2D eigenvalue weighted by Gasteiger charge is -2.55. The lowest BCUT2D eigenvalue weighted by Crippen LogP contribution is -2.48. The van der Waals surface area contributed by atoms with Gasteiger partial charge >= 0.3 is 0 Å². The lowest BCUT2D eigenvalue weighted by molar-refractivity contribution is -0.0175. The molecule has 4 aliphatic carbocycles. The molecule has 24 heavy (non-hydrogen) atoms. The molecule has 5 fully saturated rings. The maximum absolute atomic E-state index is 9.61. The van der Waals surface area contributed by atoms with Crippen molar-refractivity contribution in [3.63, 3.8) is 0 Å². The minimum atomic E-state index is 0.139. The fourth-order valence-corrected chi connectivity index (χ4v) is 6.57. The number of rotatable bonds is 2. The van der Waals surface area contributed by atoms with Crippen LogP contribution in [0.5, 0.6) is 0 Å². The first kappa shape index (κ1) is 14.8. The van der Waals surface area contributed by atoms with Crippen LogP contribution in [0.25, 0.3) is 0 Å². The highest BCUT2D eigenvalue weighted by Crippen LogP contribution is 2.60. The van der Waals surface area contributed by atoms with Gasteiger partial charge in [0.25, 0.3) is 0 Å². The average Bonchev–Trinajstić information content (AvgIpc) is 2.99. The number of piperidine rings is 1. The summed E-state index contributed by atoms with van der Waals surface area (Å²) in [6.07, 6.45) is 10.4. The van der Waals surface area contributed by atoms with E-state index in [2.05, 4.69) is 17.9 Å². The SMILES string of the molecule is C[C@@H]1CCCN(c2oc(C34CC5CC(CC(C5)C3)C4)nc2C#N)C1. The molecule has 0 N–H and O–H groups in total. The summed E-state index contributed by atoms with van der Waals surface area (Å²) in [5.41, 5.74) is 0.662. The van der Waals surface area contributed by atoms with Gasteiger partial charge in [-0.2, -0.15) is 10.2 Å². The molecule has 1 aliphatic heterocycles. The Kier molecular flexibility index (Phi) is 3.24. The standard InChI is InChI=1S/C20H27N3O/c1-13-3-2-4-23(12-13)18-17(11-21)22-19(24-18)20-8-14-5-15(9-20)7-16(6-14)10-20/h13-16H,2-10,12H2,1H3/t13-,14?,15?,16?,20?/m1/s1. The quantitative estimate of drug-likeness (QED) is 0.815. The normalized spacial score (nSPS) is 40.8. The number of hydrogen-bond donors (Lipinski definition) is 0. The molecule has 1 atom stereocenters. The number of hydrogen-bond acceptors (Lipinski definition) is 4. The number of nitrogens with zero attached hydrogens (tertiary/aromatic N) is 3. The fourth-order valence-electron chi connectivity index (χ4n) is 6.57. The minimum Gasteiger partial charge on any atom is -0.423 e. The van der Waals surface area contributed by atoms with Crippen molar-refractivity contribution in [1.29, 1.82) is 5.26 Å². The van der Waals surface area contributed by atoms with Crippen LogP contribution in [0.15, 0.2) is 4.42 Å². The van der Waals surface area contributed by atoms with Crippen molar-refractivity contribution < 1.29 is 4.42 Å². The van der Waals surface area contributed by atoms with E-state index in [4.69, 9.17) is 9.40 Å². The molecule has 4 bridgehead atoms. The molecule has 5 aliphatic rings. The van der Waals surface area contributed by atoms with Crippen LogP contribution in [-0.4, -0.2) is 18.1 Å². The molecule has 0 unspecified atom stereocenters. The van der Waals surface area contributed by atoms with E-state index in [1.165, 1.54) is 51.4 Å². The van der Waals surface area contributed by atoms with Crippen LogP contribution in [0.4, 0.5) is 5.88 Å². The minimum absolute atomic E-state index is 0.139. The van der Waals surface area contributed by atoms with Gasteiger partial charge < -0.3 is 9.32 Å². The Balaban J connectivity index is 1.50.